The van der Waals surface area contributed by atoms with E-state index < -0.39 is 5.91 Å². The van der Waals surface area contributed by atoms with E-state index in [4.69, 9.17) is 4.42 Å². The van der Waals surface area contributed by atoms with Gasteiger partial charge in [-0.3, -0.25) is 14.4 Å². The lowest BCUT2D eigenvalue weighted by atomic mass is 10.2. The Kier molecular flexibility index (Phi) is 8.27. The molecule has 1 heterocycles. The van der Waals surface area contributed by atoms with Gasteiger partial charge in [0, 0.05) is 13.0 Å². The number of carbonyl (C=O) groups excluding carboxylic acids is 3. The van der Waals surface area contributed by atoms with Crippen LogP contribution in [0.5, 0.6) is 0 Å². The lowest BCUT2D eigenvalue weighted by Crippen LogP contribution is -2.37. The smallest absolute Gasteiger partial charge is 0.305 e. The molecule has 8 heteroatoms. The Morgan fingerprint density at radius 2 is 1.95 bits per heavy atom. The topological polar surface area (TPSA) is 97.6 Å². The standard InChI is InChI=1S/C14H19BrN2O5/c1-21-13(19)5-3-2-4-8-16-12(18)9-17-14(20)10-6-7-11(15)22-10/h6-7H,2-5,8-9H2,1H3,(H,16,18)(H,17,20). The Morgan fingerprint density at radius 1 is 1.18 bits per heavy atom. The zero-order valence-electron chi connectivity index (χ0n) is 12.3. The summed E-state index contributed by atoms with van der Waals surface area (Å²) in [6.45, 7) is 0.390. The molecule has 0 radical (unpaired) electrons. The Labute approximate surface area is 136 Å². The summed E-state index contributed by atoms with van der Waals surface area (Å²) in [5, 5.41) is 5.15. The molecule has 2 amide bonds. The van der Waals surface area contributed by atoms with Gasteiger partial charge in [0.15, 0.2) is 10.4 Å². The second-order valence-corrected chi connectivity index (χ2v) is 5.30. The molecule has 0 fully saturated rings. The highest BCUT2D eigenvalue weighted by atomic mass is 79.9. The summed E-state index contributed by atoms with van der Waals surface area (Å²) in [5.41, 5.74) is 0. The van der Waals surface area contributed by atoms with Gasteiger partial charge in [0.25, 0.3) is 5.91 Å². The van der Waals surface area contributed by atoms with Crippen molar-refractivity contribution in [3.05, 3.63) is 22.6 Å². The molecule has 7 nitrogen and oxygen atoms in total. The predicted molar refractivity (Wildman–Crippen MR) is 82.2 cm³/mol. The molecule has 0 aliphatic rings. The fourth-order valence-corrected chi connectivity index (χ4v) is 1.95. The molecular formula is C14H19BrN2O5. The van der Waals surface area contributed by atoms with Crippen LogP contribution in [-0.4, -0.2) is 38.0 Å². The van der Waals surface area contributed by atoms with Gasteiger partial charge in [0.1, 0.15) is 0 Å². The zero-order valence-corrected chi connectivity index (χ0v) is 13.9. The molecule has 0 saturated heterocycles. The first-order chi connectivity index (χ1) is 10.5. The molecular weight excluding hydrogens is 356 g/mol. The lowest BCUT2D eigenvalue weighted by molar-refractivity contribution is -0.140. The van der Waals surface area contributed by atoms with Gasteiger partial charge >= 0.3 is 5.97 Å². The van der Waals surface area contributed by atoms with Gasteiger partial charge in [0.2, 0.25) is 5.91 Å². The largest absolute Gasteiger partial charge is 0.469 e. The van der Waals surface area contributed by atoms with Crippen LogP contribution in [0.2, 0.25) is 0 Å². The molecule has 22 heavy (non-hydrogen) atoms. The van der Waals surface area contributed by atoms with Gasteiger partial charge in [-0.05, 0) is 40.9 Å². The van der Waals surface area contributed by atoms with Crippen molar-refractivity contribution in [3.63, 3.8) is 0 Å². The third-order valence-corrected chi connectivity index (χ3v) is 3.24. The molecule has 0 bridgehead atoms. The average Bonchev–Trinajstić information content (AvgIpc) is 2.94. The molecule has 0 saturated carbocycles. The van der Waals surface area contributed by atoms with E-state index >= 15 is 0 Å². The SMILES string of the molecule is COC(=O)CCCCCNC(=O)CNC(=O)c1ccc(Br)o1. The second-order valence-electron chi connectivity index (χ2n) is 4.52. The van der Waals surface area contributed by atoms with Crippen LogP contribution >= 0.6 is 15.9 Å². The van der Waals surface area contributed by atoms with Gasteiger partial charge in [-0.15, -0.1) is 0 Å². The first-order valence-corrected chi connectivity index (χ1v) is 7.69. The number of nitrogens with one attached hydrogen (secondary N) is 2. The summed E-state index contributed by atoms with van der Waals surface area (Å²) in [7, 11) is 1.36. The number of furan rings is 1. The van der Waals surface area contributed by atoms with Crippen molar-refractivity contribution in [1.82, 2.24) is 10.6 Å². The first kappa shape index (κ1) is 18.2. The quantitative estimate of drug-likeness (QED) is 0.505. The van der Waals surface area contributed by atoms with Crippen LogP contribution < -0.4 is 10.6 Å². The Morgan fingerprint density at radius 3 is 2.59 bits per heavy atom. The number of rotatable bonds is 9. The normalized spacial score (nSPS) is 10.1. The van der Waals surface area contributed by atoms with Crippen molar-refractivity contribution < 1.29 is 23.5 Å². The number of hydrogen-bond donors (Lipinski definition) is 2. The number of esters is 1. The van der Waals surface area contributed by atoms with E-state index in [-0.39, 0.29) is 24.2 Å². The number of carbonyl (C=O) groups is 3. The molecule has 0 spiro atoms. The molecule has 2 N–H and O–H groups in total. The van der Waals surface area contributed by atoms with E-state index in [9.17, 15) is 14.4 Å². The zero-order chi connectivity index (χ0) is 16.4. The van der Waals surface area contributed by atoms with Crippen molar-refractivity contribution >= 4 is 33.7 Å². The highest BCUT2D eigenvalue weighted by Gasteiger charge is 2.11. The molecule has 122 valence electrons. The van der Waals surface area contributed by atoms with E-state index in [2.05, 4.69) is 31.3 Å². The number of hydrogen-bond acceptors (Lipinski definition) is 5. The lowest BCUT2D eigenvalue weighted by Gasteiger charge is -2.06. The third-order valence-electron chi connectivity index (χ3n) is 2.81. The molecule has 0 unspecified atom stereocenters. The van der Waals surface area contributed by atoms with Crippen molar-refractivity contribution in [2.24, 2.45) is 0 Å². The summed E-state index contributed by atoms with van der Waals surface area (Å²) >= 11 is 3.09. The van der Waals surface area contributed by atoms with Crippen LogP contribution in [0.4, 0.5) is 0 Å². The second kappa shape index (κ2) is 9.99. The van der Waals surface area contributed by atoms with Gasteiger partial charge in [0.05, 0.1) is 13.7 Å². The predicted octanol–water partition coefficient (Wildman–Crippen LogP) is 1.62. The summed E-state index contributed by atoms with van der Waals surface area (Å²) in [6.07, 6.45) is 2.70. The number of methoxy groups -OCH3 is 1. The molecule has 1 aromatic heterocycles. The number of unbranched alkanes of at least 4 members (excludes halogenated alkanes) is 2. The minimum atomic E-state index is -0.445. The van der Waals surface area contributed by atoms with Crippen LogP contribution in [0.1, 0.15) is 36.2 Å². The van der Waals surface area contributed by atoms with Gasteiger partial charge in [-0.1, -0.05) is 6.42 Å². The molecule has 0 aliphatic heterocycles. The molecule has 1 aromatic rings. The number of ether oxygens (including phenoxy) is 1. The summed E-state index contributed by atoms with van der Waals surface area (Å²) in [5.74, 6) is -0.801. The minimum absolute atomic E-state index is 0.112. The molecule has 0 aromatic carbocycles. The number of amides is 2. The summed E-state index contributed by atoms with van der Waals surface area (Å²) in [6, 6.07) is 3.11. The third kappa shape index (κ3) is 7.26. The fourth-order valence-electron chi connectivity index (χ4n) is 1.65. The monoisotopic (exact) mass is 374 g/mol. The molecule has 1 rings (SSSR count). The maximum absolute atomic E-state index is 11.6. The highest BCUT2D eigenvalue weighted by molar-refractivity contribution is 9.10. The van der Waals surface area contributed by atoms with Crippen molar-refractivity contribution in [3.8, 4) is 0 Å². The number of halogens is 1. The first-order valence-electron chi connectivity index (χ1n) is 6.90. The van der Waals surface area contributed by atoms with E-state index in [1.165, 1.54) is 13.2 Å². The van der Waals surface area contributed by atoms with Crippen molar-refractivity contribution in [2.75, 3.05) is 20.2 Å². The van der Waals surface area contributed by atoms with E-state index in [1.54, 1.807) is 6.07 Å². The maximum Gasteiger partial charge on any atom is 0.305 e. The Hall–Kier alpha value is -1.83. The van der Waals surface area contributed by atoms with E-state index in [0.717, 1.165) is 19.3 Å². The maximum atomic E-state index is 11.6. The van der Waals surface area contributed by atoms with E-state index in [0.29, 0.717) is 17.6 Å². The molecule has 0 aliphatic carbocycles. The van der Waals surface area contributed by atoms with Crippen molar-refractivity contribution in [1.29, 1.82) is 0 Å². The van der Waals surface area contributed by atoms with Crippen LogP contribution in [0.15, 0.2) is 21.2 Å². The van der Waals surface area contributed by atoms with E-state index in [1.807, 2.05) is 0 Å². The Balaban J connectivity index is 2.06. The summed E-state index contributed by atoms with van der Waals surface area (Å²) < 4.78 is 10.0. The van der Waals surface area contributed by atoms with Gasteiger partial charge in [-0.25, -0.2) is 0 Å². The van der Waals surface area contributed by atoms with Gasteiger partial charge in [-0.2, -0.15) is 0 Å². The Bertz CT molecular complexity index is 515. The van der Waals surface area contributed by atoms with Crippen LogP contribution in [0, 0.1) is 0 Å². The van der Waals surface area contributed by atoms with Crippen LogP contribution in [0.3, 0.4) is 0 Å². The minimum Gasteiger partial charge on any atom is -0.469 e. The fraction of sp³-hybridized carbons (Fsp3) is 0.500. The summed E-state index contributed by atoms with van der Waals surface area (Å²) in [4.78, 5) is 34.0. The van der Waals surface area contributed by atoms with Crippen LogP contribution in [0.25, 0.3) is 0 Å². The highest BCUT2D eigenvalue weighted by Crippen LogP contribution is 2.13. The van der Waals surface area contributed by atoms with Crippen LogP contribution in [-0.2, 0) is 14.3 Å². The molecule has 0 atom stereocenters. The van der Waals surface area contributed by atoms with Crippen molar-refractivity contribution in [2.45, 2.75) is 25.7 Å². The average molecular weight is 375 g/mol. The van der Waals surface area contributed by atoms with Gasteiger partial charge < -0.3 is 19.8 Å².